The highest BCUT2D eigenvalue weighted by Crippen LogP contribution is 2.22. The maximum Gasteiger partial charge on any atom is 0.0414 e. The second-order valence-electron chi connectivity index (χ2n) is 6.06. The van der Waals surface area contributed by atoms with Crippen LogP contribution in [0.25, 0.3) is 0 Å². The highest BCUT2D eigenvalue weighted by molar-refractivity contribution is 5.54. The number of hydrogen-bond acceptors (Lipinski definition) is 3. The van der Waals surface area contributed by atoms with Gasteiger partial charge in [-0.25, -0.2) is 0 Å². The lowest BCUT2D eigenvalue weighted by Gasteiger charge is -2.33. The fourth-order valence-electron chi connectivity index (χ4n) is 2.60. The van der Waals surface area contributed by atoms with Crippen molar-refractivity contribution in [1.29, 1.82) is 0 Å². The maximum atomic E-state index is 3.52. The average Bonchev–Trinajstić information content (AvgIpc) is 2.37. The molecule has 1 unspecified atom stereocenters. The summed E-state index contributed by atoms with van der Waals surface area (Å²) in [5.41, 5.74) is 2.74. The zero-order valence-electron chi connectivity index (χ0n) is 14.0. The van der Waals surface area contributed by atoms with Gasteiger partial charge in [-0.3, -0.25) is 0 Å². The van der Waals surface area contributed by atoms with Crippen LogP contribution in [0.15, 0.2) is 24.3 Å². The number of benzene rings is 1. The summed E-state index contributed by atoms with van der Waals surface area (Å²) in [5.74, 6) is 0. The van der Waals surface area contributed by atoms with Crippen LogP contribution in [0.3, 0.4) is 0 Å². The van der Waals surface area contributed by atoms with Crippen molar-refractivity contribution in [2.75, 3.05) is 32.1 Å². The van der Waals surface area contributed by atoms with Crippen LogP contribution >= 0.6 is 0 Å². The Morgan fingerprint density at radius 3 is 2.30 bits per heavy atom. The zero-order chi connectivity index (χ0) is 15.1. The van der Waals surface area contributed by atoms with E-state index in [4.69, 9.17) is 0 Å². The molecule has 0 spiro atoms. The van der Waals surface area contributed by atoms with Crippen molar-refractivity contribution in [1.82, 2.24) is 10.2 Å². The molecule has 0 radical (unpaired) electrons. The van der Waals surface area contributed by atoms with E-state index in [-0.39, 0.29) is 0 Å². The van der Waals surface area contributed by atoms with Gasteiger partial charge >= 0.3 is 0 Å². The molecule has 0 aromatic heterocycles. The number of nitrogens with zero attached hydrogens (tertiary/aromatic N) is 2. The predicted octanol–water partition coefficient (Wildman–Crippen LogP) is 2.96. The van der Waals surface area contributed by atoms with Crippen LogP contribution < -0.4 is 10.2 Å². The fourth-order valence-corrected chi connectivity index (χ4v) is 2.60. The SMILES string of the molecule is CCN(c1ccccc1CNC(C)C)C(C)CN(C)C. The molecule has 1 N–H and O–H groups in total. The minimum absolute atomic E-state index is 0.509. The van der Waals surface area contributed by atoms with E-state index in [1.165, 1.54) is 11.3 Å². The van der Waals surface area contributed by atoms with E-state index in [1.54, 1.807) is 0 Å². The van der Waals surface area contributed by atoms with E-state index >= 15 is 0 Å². The summed E-state index contributed by atoms with van der Waals surface area (Å²) >= 11 is 0. The van der Waals surface area contributed by atoms with Gasteiger partial charge in [0.05, 0.1) is 0 Å². The molecule has 1 aromatic carbocycles. The molecule has 1 aromatic rings. The lowest BCUT2D eigenvalue weighted by Crippen LogP contribution is -2.40. The highest BCUT2D eigenvalue weighted by atomic mass is 15.2. The van der Waals surface area contributed by atoms with Crippen LogP contribution in [0, 0.1) is 0 Å². The van der Waals surface area contributed by atoms with Gasteiger partial charge in [0.15, 0.2) is 0 Å². The minimum atomic E-state index is 0.509. The third kappa shape index (κ3) is 5.14. The molecule has 0 bridgehead atoms. The third-order valence-electron chi connectivity index (χ3n) is 3.50. The molecule has 0 aliphatic rings. The quantitative estimate of drug-likeness (QED) is 0.788. The summed E-state index contributed by atoms with van der Waals surface area (Å²) in [6, 6.07) is 9.76. The first kappa shape index (κ1) is 17.0. The Morgan fingerprint density at radius 2 is 1.75 bits per heavy atom. The Hall–Kier alpha value is -1.06. The standard InChI is InChI=1S/C17H31N3/c1-7-20(15(4)13-19(5)6)17-11-9-8-10-16(17)12-18-14(2)3/h8-11,14-15,18H,7,12-13H2,1-6H3. The molecule has 0 aliphatic heterocycles. The van der Waals surface area contributed by atoms with Crippen LogP contribution in [0.1, 0.15) is 33.3 Å². The van der Waals surface area contributed by atoms with E-state index in [9.17, 15) is 0 Å². The van der Waals surface area contributed by atoms with Gasteiger partial charge < -0.3 is 15.1 Å². The Labute approximate surface area is 125 Å². The van der Waals surface area contributed by atoms with Crippen molar-refractivity contribution in [3.8, 4) is 0 Å². The molecular weight excluding hydrogens is 246 g/mol. The molecule has 0 fully saturated rings. The molecule has 114 valence electrons. The first-order valence-corrected chi connectivity index (χ1v) is 7.68. The Bertz CT molecular complexity index is 388. The summed E-state index contributed by atoms with van der Waals surface area (Å²) in [4.78, 5) is 4.75. The number of para-hydroxylation sites is 1. The van der Waals surface area contributed by atoms with E-state index in [1.807, 2.05) is 0 Å². The molecular formula is C17H31N3. The molecule has 3 nitrogen and oxygen atoms in total. The van der Waals surface area contributed by atoms with E-state index in [0.29, 0.717) is 12.1 Å². The smallest absolute Gasteiger partial charge is 0.0414 e. The van der Waals surface area contributed by atoms with Crippen molar-refractivity contribution < 1.29 is 0 Å². The van der Waals surface area contributed by atoms with Gasteiger partial charge in [0.1, 0.15) is 0 Å². The maximum absolute atomic E-state index is 3.52. The molecule has 0 heterocycles. The van der Waals surface area contributed by atoms with Gasteiger partial charge in [-0.1, -0.05) is 32.0 Å². The number of hydrogen-bond donors (Lipinski definition) is 1. The largest absolute Gasteiger partial charge is 0.368 e. The Balaban J connectivity index is 2.90. The zero-order valence-corrected chi connectivity index (χ0v) is 14.0. The summed E-state index contributed by atoms with van der Waals surface area (Å²) < 4.78 is 0. The average molecular weight is 277 g/mol. The molecule has 20 heavy (non-hydrogen) atoms. The summed E-state index contributed by atoms with van der Waals surface area (Å²) in [6.45, 7) is 11.9. The van der Waals surface area contributed by atoms with Crippen molar-refractivity contribution in [3.63, 3.8) is 0 Å². The van der Waals surface area contributed by atoms with Gasteiger partial charge in [0.25, 0.3) is 0 Å². The van der Waals surface area contributed by atoms with E-state index < -0.39 is 0 Å². The van der Waals surface area contributed by atoms with Crippen molar-refractivity contribution >= 4 is 5.69 Å². The second-order valence-corrected chi connectivity index (χ2v) is 6.06. The first-order chi connectivity index (χ1) is 9.45. The molecule has 3 heteroatoms. The summed E-state index contributed by atoms with van der Waals surface area (Å²) in [5, 5.41) is 3.52. The summed E-state index contributed by atoms with van der Waals surface area (Å²) in [6.07, 6.45) is 0. The van der Waals surface area contributed by atoms with Crippen LogP contribution in [-0.4, -0.2) is 44.2 Å². The fraction of sp³-hybridized carbons (Fsp3) is 0.647. The topological polar surface area (TPSA) is 18.5 Å². The number of anilines is 1. The number of likely N-dealkylation sites (N-methyl/N-ethyl adjacent to an activating group) is 2. The van der Waals surface area contributed by atoms with Gasteiger partial charge in [-0.15, -0.1) is 0 Å². The van der Waals surface area contributed by atoms with Crippen molar-refractivity contribution in [2.24, 2.45) is 0 Å². The molecule has 0 saturated carbocycles. The van der Waals surface area contributed by atoms with E-state index in [0.717, 1.165) is 19.6 Å². The second kappa shape index (κ2) is 8.28. The number of rotatable bonds is 8. The molecule has 0 saturated heterocycles. The van der Waals surface area contributed by atoms with Crippen molar-refractivity contribution in [2.45, 2.75) is 46.3 Å². The van der Waals surface area contributed by atoms with Gasteiger partial charge in [0, 0.05) is 37.4 Å². The van der Waals surface area contributed by atoms with Gasteiger partial charge in [-0.2, -0.15) is 0 Å². The number of nitrogens with one attached hydrogen (secondary N) is 1. The van der Waals surface area contributed by atoms with E-state index in [2.05, 4.69) is 81.2 Å². The van der Waals surface area contributed by atoms with Gasteiger partial charge in [0.2, 0.25) is 0 Å². The monoisotopic (exact) mass is 277 g/mol. The predicted molar refractivity (Wildman–Crippen MR) is 89.5 cm³/mol. The molecule has 1 atom stereocenters. The molecule has 0 aliphatic carbocycles. The minimum Gasteiger partial charge on any atom is -0.368 e. The molecule has 1 rings (SSSR count). The highest BCUT2D eigenvalue weighted by Gasteiger charge is 2.16. The van der Waals surface area contributed by atoms with Crippen LogP contribution in [0.4, 0.5) is 5.69 Å². The Morgan fingerprint density at radius 1 is 1.10 bits per heavy atom. The lowest BCUT2D eigenvalue weighted by atomic mass is 10.1. The normalized spacial score (nSPS) is 13.0. The summed E-state index contributed by atoms with van der Waals surface area (Å²) in [7, 11) is 4.27. The first-order valence-electron chi connectivity index (χ1n) is 7.68. The third-order valence-corrected chi connectivity index (χ3v) is 3.50. The van der Waals surface area contributed by atoms with Crippen LogP contribution in [0.2, 0.25) is 0 Å². The van der Waals surface area contributed by atoms with Gasteiger partial charge in [-0.05, 0) is 39.6 Å². The Kier molecular flexibility index (Phi) is 7.03. The van der Waals surface area contributed by atoms with Crippen molar-refractivity contribution in [3.05, 3.63) is 29.8 Å². The van der Waals surface area contributed by atoms with Crippen LogP contribution in [0.5, 0.6) is 0 Å². The lowest BCUT2D eigenvalue weighted by molar-refractivity contribution is 0.372. The molecule has 0 amide bonds. The van der Waals surface area contributed by atoms with Crippen LogP contribution in [-0.2, 0) is 6.54 Å².